The monoisotopic (exact) mass is 264 g/mol. The van der Waals surface area contributed by atoms with Crippen LogP contribution in [0.3, 0.4) is 0 Å². The van der Waals surface area contributed by atoms with Gasteiger partial charge in [0.05, 0.1) is 0 Å². The molecule has 106 valence electrons. The van der Waals surface area contributed by atoms with Gasteiger partial charge in [-0.2, -0.15) is 0 Å². The van der Waals surface area contributed by atoms with E-state index in [-0.39, 0.29) is 17.9 Å². The van der Waals surface area contributed by atoms with Crippen molar-refractivity contribution in [3.8, 4) is 0 Å². The zero-order valence-electron chi connectivity index (χ0n) is 12.0. The number of hydrogen-bond donors (Lipinski definition) is 2. The van der Waals surface area contributed by atoms with Crippen LogP contribution >= 0.6 is 0 Å². The Morgan fingerprint density at radius 3 is 2.53 bits per heavy atom. The van der Waals surface area contributed by atoms with E-state index in [1.54, 1.807) is 7.11 Å². The molecule has 0 saturated heterocycles. The Hall–Kier alpha value is -1.55. The van der Waals surface area contributed by atoms with Crippen molar-refractivity contribution in [2.75, 3.05) is 19.5 Å². The first-order valence-electron chi connectivity index (χ1n) is 6.66. The van der Waals surface area contributed by atoms with E-state index in [0.29, 0.717) is 13.0 Å². The minimum absolute atomic E-state index is 0.0768. The molecule has 4 nitrogen and oxygen atoms in total. The van der Waals surface area contributed by atoms with Gasteiger partial charge in [-0.15, -0.1) is 0 Å². The number of anilines is 1. The lowest BCUT2D eigenvalue weighted by atomic mass is 9.97. The number of nitrogen functional groups attached to an aromatic ring is 1. The summed E-state index contributed by atoms with van der Waals surface area (Å²) < 4.78 is 4.99. The third kappa shape index (κ3) is 5.75. The van der Waals surface area contributed by atoms with Gasteiger partial charge >= 0.3 is 0 Å². The number of nitrogens with two attached hydrogens (primary N) is 1. The Balaban J connectivity index is 2.41. The van der Waals surface area contributed by atoms with Crippen LogP contribution < -0.4 is 11.1 Å². The number of amides is 1. The van der Waals surface area contributed by atoms with Crippen molar-refractivity contribution < 1.29 is 9.53 Å². The van der Waals surface area contributed by atoms with Gasteiger partial charge < -0.3 is 15.8 Å². The minimum Gasteiger partial charge on any atom is -0.399 e. The summed E-state index contributed by atoms with van der Waals surface area (Å²) >= 11 is 0. The first-order valence-corrected chi connectivity index (χ1v) is 6.66. The standard InChI is InChI=1S/C15H24N2O2/c1-11(13-4-6-14(16)7-5-13)10-15(18)17-12(2)8-9-19-3/h4-7,11-12H,8-10,16H2,1-3H3,(H,17,18). The first-order chi connectivity index (χ1) is 9.02. The van der Waals surface area contributed by atoms with E-state index in [1.165, 1.54) is 0 Å². The quantitative estimate of drug-likeness (QED) is 0.743. The van der Waals surface area contributed by atoms with Gasteiger partial charge in [-0.25, -0.2) is 0 Å². The zero-order valence-corrected chi connectivity index (χ0v) is 12.0. The third-order valence-electron chi connectivity index (χ3n) is 3.16. The smallest absolute Gasteiger partial charge is 0.220 e. The highest BCUT2D eigenvalue weighted by Gasteiger charge is 2.13. The topological polar surface area (TPSA) is 64.3 Å². The van der Waals surface area contributed by atoms with E-state index < -0.39 is 0 Å². The Kier molecular flexibility index (Phi) is 6.36. The van der Waals surface area contributed by atoms with Gasteiger partial charge in [0, 0.05) is 31.9 Å². The highest BCUT2D eigenvalue weighted by molar-refractivity contribution is 5.77. The molecule has 1 rings (SSSR count). The van der Waals surface area contributed by atoms with Crippen LogP contribution in [-0.4, -0.2) is 25.7 Å². The Morgan fingerprint density at radius 2 is 1.95 bits per heavy atom. The fourth-order valence-corrected chi connectivity index (χ4v) is 1.92. The number of benzene rings is 1. The molecule has 0 aromatic heterocycles. The number of carbonyl (C=O) groups excluding carboxylic acids is 1. The molecule has 0 heterocycles. The van der Waals surface area contributed by atoms with Crippen molar-refractivity contribution in [1.82, 2.24) is 5.32 Å². The largest absolute Gasteiger partial charge is 0.399 e. The van der Waals surface area contributed by atoms with Gasteiger partial charge in [0.15, 0.2) is 0 Å². The van der Waals surface area contributed by atoms with Crippen molar-refractivity contribution in [3.05, 3.63) is 29.8 Å². The number of rotatable bonds is 7. The lowest BCUT2D eigenvalue weighted by molar-refractivity contribution is -0.122. The van der Waals surface area contributed by atoms with Gasteiger partial charge in [-0.1, -0.05) is 19.1 Å². The fraction of sp³-hybridized carbons (Fsp3) is 0.533. The van der Waals surface area contributed by atoms with Crippen LogP contribution in [0.15, 0.2) is 24.3 Å². The normalized spacial score (nSPS) is 13.8. The maximum absolute atomic E-state index is 11.9. The molecule has 0 aliphatic rings. The number of hydrogen-bond acceptors (Lipinski definition) is 3. The van der Waals surface area contributed by atoms with Crippen LogP contribution in [0.1, 0.15) is 38.2 Å². The van der Waals surface area contributed by atoms with Gasteiger partial charge in [0.1, 0.15) is 0 Å². The van der Waals surface area contributed by atoms with Gasteiger partial charge in [0.2, 0.25) is 5.91 Å². The van der Waals surface area contributed by atoms with Gasteiger partial charge in [-0.3, -0.25) is 4.79 Å². The molecule has 0 fully saturated rings. The highest BCUT2D eigenvalue weighted by atomic mass is 16.5. The van der Waals surface area contributed by atoms with Crippen molar-refractivity contribution in [1.29, 1.82) is 0 Å². The fourth-order valence-electron chi connectivity index (χ4n) is 1.92. The van der Waals surface area contributed by atoms with Crippen LogP contribution in [0.2, 0.25) is 0 Å². The summed E-state index contributed by atoms with van der Waals surface area (Å²) in [5.41, 5.74) is 7.53. The van der Waals surface area contributed by atoms with Gasteiger partial charge in [0.25, 0.3) is 0 Å². The van der Waals surface area contributed by atoms with E-state index in [9.17, 15) is 4.79 Å². The SMILES string of the molecule is COCCC(C)NC(=O)CC(C)c1ccc(N)cc1. The molecule has 0 bridgehead atoms. The Morgan fingerprint density at radius 1 is 1.32 bits per heavy atom. The molecule has 0 aliphatic carbocycles. The minimum atomic E-state index is 0.0768. The zero-order chi connectivity index (χ0) is 14.3. The maximum Gasteiger partial charge on any atom is 0.220 e. The summed E-state index contributed by atoms with van der Waals surface area (Å²) in [4.78, 5) is 11.9. The summed E-state index contributed by atoms with van der Waals surface area (Å²) in [6.07, 6.45) is 1.32. The van der Waals surface area contributed by atoms with Crippen molar-refractivity contribution in [2.45, 2.75) is 38.6 Å². The summed E-state index contributed by atoms with van der Waals surface area (Å²) in [6.45, 7) is 4.70. The summed E-state index contributed by atoms with van der Waals surface area (Å²) in [6, 6.07) is 7.82. The number of nitrogens with one attached hydrogen (secondary N) is 1. The molecule has 0 radical (unpaired) electrons. The number of ether oxygens (including phenoxy) is 1. The van der Waals surface area contributed by atoms with Crippen LogP contribution in [0.5, 0.6) is 0 Å². The molecule has 0 spiro atoms. The first kappa shape index (κ1) is 15.5. The molecule has 0 saturated carbocycles. The highest BCUT2D eigenvalue weighted by Crippen LogP contribution is 2.20. The molecule has 1 aromatic rings. The molecule has 3 N–H and O–H groups in total. The number of methoxy groups -OCH3 is 1. The van der Waals surface area contributed by atoms with Crippen LogP contribution in [0.25, 0.3) is 0 Å². The lowest BCUT2D eigenvalue weighted by Gasteiger charge is -2.16. The molecule has 0 aliphatic heterocycles. The molecule has 19 heavy (non-hydrogen) atoms. The van der Waals surface area contributed by atoms with Crippen LogP contribution in [-0.2, 0) is 9.53 Å². The van der Waals surface area contributed by atoms with Crippen molar-refractivity contribution in [3.63, 3.8) is 0 Å². The second-order valence-electron chi connectivity index (χ2n) is 5.02. The Labute approximate surface area is 115 Å². The van der Waals surface area contributed by atoms with E-state index in [0.717, 1.165) is 17.7 Å². The van der Waals surface area contributed by atoms with Crippen LogP contribution in [0, 0.1) is 0 Å². The predicted molar refractivity (Wildman–Crippen MR) is 78.0 cm³/mol. The van der Waals surface area contributed by atoms with Crippen LogP contribution in [0.4, 0.5) is 5.69 Å². The van der Waals surface area contributed by atoms with Gasteiger partial charge in [-0.05, 0) is 37.0 Å². The second-order valence-corrected chi connectivity index (χ2v) is 5.02. The van der Waals surface area contributed by atoms with E-state index in [1.807, 2.05) is 38.1 Å². The van der Waals surface area contributed by atoms with Crippen molar-refractivity contribution >= 4 is 11.6 Å². The average Bonchev–Trinajstić information content (AvgIpc) is 2.36. The van der Waals surface area contributed by atoms with E-state index in [2.05, 4.69) is 5.32 Å². The predicted octanol–water partition coefficient (Wildman–Crippen LogP) is 2.30. The lowest BCUT2D eigenvalue weighted by Crippen LogP contribution is -2.33. The molecule has 1 aromatic carbocycles. The molecule has 1 amide bonds. The van der Waals surface area contributed by atoms with E-state index >= 15 is 0 Å². The summed E-state index contributed by atoms with van der Waals surface area (Å²) in [5, 5.41) is 2.98. The molecular formula is C15H24N2O2. The summed E-state index contributed by atoms with van der Waals surface area (Å²) in [5.74, 6) is 0.267. The molecule has 2 unspecified atom stereocenters. The Bertz CT molecular complexity index is 390. The molecule has 2 atom stereocenters. The average molecular weight is 264 g/mol. The molecule has 4 heteroatoms. The maximum atomic E-state index is 11.9. The molecular weight excluding hydrogens is 240 g/mol. The number of carbonyl (C=O) groups is 1. The summed E-state index contributed by atoms with van der Waals surface area (Å²) in [7, 11) is 1.66. The van der Waals surface area contributed by atoms with Crippen molar-refractivity contribution in [2.24, 2.45) is 0 Å². The third-order valence-corrected chi connectivity index (χ3v) is 3.16. The second kappa shape index (κ2) is 7.79. The van der Waals surface area contributed by atoms with E-state index in [4.69, 9.17) is 10.5 Å².